The standard InChI is InChI=1S/C24H24N2O5/c27-22(14-9-17-5-2-1-3-6-17)16-23(19-7-4-8-21(15-19)26(30)31)25-20-12-10-18(11-13-20)24(28)29/h1-8,10-13,15,22-23,25,27H,9,14,16H2,(H,28,29). The van der Waals surface area contributed by atoms with Crippen molar-refractivity contribution in [2.75, 3.05) is 5.32 Å². The van der Waals surface area contributed by atoms with Crippen molar-refractivity contribution >= 4 is 17.3 Å². The summed E-state index contributed by atoms with van der Waals surface area (Å²) in [5.74, 6) is -1.02. The molecule has 31 heavy (non-hydrogen) atoms. The topological polar surface area (TPSA) is 113 Å². The fraction of sp³-hybridized carbons (Fsp3) is 0.208. The van der Waals surface area contributed by atoms with Gasteiger partial charge in [-0.05, 0) is 54.7 Å². The van der Waals surface area contributed by atoms with Gasteiger partial charge in [0.05, 0.1) is 22.6 Å². The van der Waals surface area contributed by atoms with E-state index < -0.39 is 17.0 Å². The van der Waals surface area contributed by atoms with Crippen molar-refractivity contribution < 1.29 is 19.9 Å². The molecule has 0 aromatic heterocycles. The van der Waals surface area contributed by atoms with E-state index in [-0.39, 0.29) is 17.3 Å². The predicted molar refractivity (Wildman–Crippen MR) is 118 cm³/mol. The number of aromatic carboxylic acids is 1. The number of non-ortho nitro benzene ring substituents is 1. The number of aliphatic hydroxyl groups is 1. The number of nitrogens with zero attached hydrogens (tertiary/aromatic N) is 1. The summed E-state index contributed by atoms with van der Waals surface area (Å²) in [5, 5.41) is 34.2. The third-order valence-corrected chi connectivity index (χ3v) is 5.07. The van der Waals surface area contributed by atoms with E-state index in [9.17, 15) is 20.0 Å². The Morgan fingerprint density at radius 1 is 1.00 bits per heavy atom. The molecular weight excluding hydrogens is 396 g/mol. The van der Waals surface area contributed by atoms with Gasteiger partial charge in [0.25, 0.3) is 5.69 Å². The third kappa shape index (κ3) is 6.38. The van der Waals surface area contributed by atoms with E-state index in [2.05, 4.69) is 5.32 Å². The smallest absolute Gasteiger partial charge is 0.335 e. The van der Waals surface area contributed by atoms with Gasteiger partial charge in [-0.3, -0.25) is 10.1 Å². The largest absolute Gasteiger partial charge is 0.478 e. The van der Waals surface area contributed by atoms with Crippen molar-refractivity contribution in [3.8, 4) is 0 Å². The van der Waals surface area contributed by atoms with Crippen LogP contribution >= 0.6 is 0 Å². The number of aryl methyl sites for hydroxylation is 1. The van der Waals surface area contributed by atoms with Crippen molar-refractivity contribution in [3.63, 3.8) is 0 Å². The number of nitro benzene ring substituents is 1. The maximum absolute atomic E-state index is 11.2. The number of hydrogen-bond donors (Lipinski definition) is 3. The summed E-state index contributed by atoms with van der Waals surface area (Å²) < 4.78 is 0. The number of carboxylic acid groups (broad SMARTS) is 1. The summed E-state index contributed by atoms with van der Waals surface area (Å²) in [4.78, 5) is 21.8. The molecule has 3 aromatic carbocycles. The molecule has 0 fully saturated rings. The Morgan fingerprint density at radius 3 is 2.35 bits per heavy atom. The first kappa shape index (κ1) is 22.0. The Labute approximate surface area is 180 Å². The van der Waals surface area contributed by atoms with Crippen molar-refractivity contribution in [2.45, 2.75) is 31.4 Å². The Balaban J connectivity index is 1.77. The summed E-state index contributed by atoms with van der Waals surface area (Å²) in [6.07, 6.45) is 0.982. The van der Waals surface area contributed by atoms with Crippen LogP contribution in [0.3, 0.4) is 0 Å². The molecule has 0 amide bonds. The minimum Gasteiger partial charge on any atom is -0.478 e. The summed E-state index contributed by atoms with van der Waals surface area (Å²) in [6, 6.07) is 22.1. The van der Waals surface area contributed by atoms with Crippen LogP contribution in [0.4, 0.5) is 11.4 Å². The van der Waals surface area contributed by atoms with Crippen LogP contribution in [0, 0.1) is 10.1 Å². The van der Waals surface area contributed by atoms with E-state index in [0.717, 1.165) is 12.0 Å². The van der Waals surface area contributed by atoms with Crippen molar-refractivity contribution in [3.05, 3.63) is 106 Å². The van der Waals surface area contributed by atoms with Gasteiger partial charge in [-0.2, -0.15) is 0 Å². The molecule has 0 aliphatic rings. The van der Waals surface area contributed by atoms with E-state index in [4.69, 9.17) is 5.11 Å². The molecular formula is C24H24N2O5. The Kier molecular flexibility index (Phi) is 7.35. The zero-order valence-electron chi connectivity index (χ0n) is 16.8. The van der Waals surface area contributed by atoms with Gasteiger partial charge in [-0.15, -0.1) is 0 Å². The Morgan fingerprint density at radius 2 is 1.71 bits per heavy atom. The number of hydrogen-bond acceptors (Lipinski definition) is 5. The van der Waals surface area contributed by atoms with Gasteiger partial charge in [0.2, 0.25) is 0 Å². The average molecular weight is 420 g/mol. The lowest BCUT2D eigenvalue weighted by molar-refractivity contribution is -0.384. The second-order valence-electron chi connectivity index (χ2n) is 7.35. The minimum atomic E-state index is -1.02. The van der Waals surface area contributed by atoms with Gasteiger partial charge in [-0.1, -0.05) is 42.5 Å². The predicted octanol–water partition coefficient (Wildman–Crippen LogP) is 4.83. The van der Waals surface area contributed by atoms with Crippen molar-refractivity contribution in [1.82, 2.24) is 0 Å². The minimum absolute atomic E-state index is 0.0238. The SMILES string of the molecule is O=C(O)c1ccc(NC(CC(O)CCc2ccccc2)c2cccc([N+](=O)[O-])c2)cc1. The number of benzene rings is 3. The molecule has 3 aromatic rings. The van der Waals surface area contributed by atoms with Crippen LogP contribution < -0.4 is 5.32 Å². The highest BCUT2D eigenvalue weighted by molar-refractivity contribution is 5.88. The molecule has 160 valence electrons. The van der Waals surface area contributed by atoms with E-state index >= 15 is 0 Å². The Hall–Kier alpha value is -3.71. The summed E-state index contributed by atoms with van der Waals surface area (Å²) in [5.41, 5.74) is 2.61. The quantitative estimate of drug-likeness (QED) is 0.320. The first-order valence-electron chi connectivity index (χ1n) is 9.98. The third-order valence-electron chi connectivity index (χ3n) is 5.07. The normalized spacial score (nSPS) is 12.7. The molecule has 3 rings (SSSR count). The lowest BCUT2D eigenvalue weighted by Gasteiger charge is -2.23. The molecule has 2 unspecified atom stereocenters. The lowest BCUT2D eigenvalue weighted by Crippen LogP contribution is -2.19. The summed E-state index contributed by atoms with van der Waals surface area (Å²) >= 11 is 0. The monoisotopic (exact) mass is 420 g/mol. The fourth-order valence-corrected chi connectivity index (χ4v) is 3.41. The van der Waals surface area contributed by atoms with Crippen molar-refractivity contribution in [1.29, 1.82) is 0 Å². The van der Waals surface area contributed by atoms with Crippen molar-refractivity contribution in [2.24, 2.45) is 0 Å². The van der Waals surface area contributed by atoms with Crippen LogP contribution in [0.5, 0.6) is 0 Å². The molecule has 2 atom stereocenters. The molecule has 0 aliphatic heterocycles. The van der Waals surface area contributed by atoms with E-state index in [1.54, 1.807) is 24.3 Å². The number of carbonyl (C=O) groups is 1. The molecule has 0 saturated carbocycles. The summed E-state index contributed by atoms with van der Waals surface area (Å²) in [6.45, 7) is 0. The van der Waals surface area contributed by atoms with E-state index in [1.807, 2.05) is 30.3 Å². The number of carboxylic acids is 1. The number of aliphatic hydroxyl groups excluding tert-OH is 1. The zero-order chi connectivity index (χ0) is 22.2. The van der Waals surface area contributed by atoms with Crippen LogP contribution in [-0.2, 0) is 6.42 Å². The van der Waals surface area contributed by atoms with Gasteiger partial charge < -0.3 is 15.5 Å². The van der Waals surface area contributed by atoms with Crippen LogP contribution in [0.2, 0.25) is 0 Å². The van der Waals surface area contributed by atoms with Gasteiger partial charge >= 0.3 is 5.97 Å². The number of anilines is 1. The molecule has 0 spiro atoms. The summed E-state index contributed by atoms with van der Waals surface area (Å²) in [7, 11) is 0. The first-order valence-corrected chi connectivity index (χ1v) is 9.98. The van der Waals surface area contributed by atoms with Gasteiger partial charge in [0.1, 0.15) is 0 Å². The first-order chi connectivity index (χ1) is 14.9. The molecule has 0 saturated heterocycles. The lowest BCUT2D eigenvalue weighted by atomic mass is 9.96. The fourth-order valence-electron chi connectivity index (χ4n) is 3.41. The highest BCUT2D eigenvalue weighted by Crippen LogP contribution is 2.28. The van der Waals surface area contributed by atoms with E-state index in [1.165, 1.54) is 24.3 Å². The highest BCUT2D eigenvalue weighted by Gasteiger charge is 2.19. The maximum Gasteiger partial charge on any atom is 0.335 e. The number of rotatable bonds is 10. The Bertz CT molecular complexity index is 1020. The zero-order valence-corrected chi connectivity index (χ0v) is 16.8. The van der Waals surface area contributed by atoms with Crippen LogP contribution in [0.15, 0.2) is 78.9 Å². The molecule has 0 bridgehead atoms. The molecule has 3 N–H and O–H groups in total. The maximum atomic E-state index is 11.2. The van der Waals surface area contributed by atoms with E-state index in [0.29, 0.717) is 24.1 Å². The molecule has 7 nitrogen and oxygen atoms in total. The van der Waals surface area contributed by atoms with Gasteiger partial charge in [0, 0.05) is 17.8 Å². The van der Waals surface area contributed by atoms with Gasteiger partial charge in [0.15, 0.2) is 0 Å². The van der Waals surface area contributed by atoms with Crippen LogP contribution in [0.25, 0.3) is 0 Å². The second-order valence-corrected chi connectivity index (χ2v) is 7.35. The number of nitrogens with one attached hydrogen (secondary N) is 1. The average Bonchev–Trinajstić information content (AvgIpc) is 2.78. The second kappa shape index (κ2) is 10.4. The molecule has 7 heteroatoms. The highest BCUT2D eigenvalue weighted by atomic mass is 16.6. The molecule has 0 radical (unpaired) electrons. The van der Waals surface area contributed by atoms with Crippen LogP contribution in [0.1, 0.15) is 40.4 Å². The number of nitro groups is 1. The van der Waals surface area contributed by atoms with Crippen LogP contribution in [-0.4, -0.2) is 27.2 Å². The van der Waals surface area contributed by atoms with Gasteiger partial charge in [-0.25, -0.2) is 4.79 Å². The molecule has 0 heterocycles. The molecule has 0 aliphatic carbocycles.